The number of nitrogens with zero attached hydrogens (tertiary/aromatic N) is 1. The van der Waals surface area contributed by atoms with E-state index in [0.717, 1.165) is 6.42 Å². The summed E-state index contributed by atoms with van der Waals surface area (Å²) in [6.45, 7) is 5.26. The quantitative estimate of drug-likeness (QED) is 0.509. The molecule has 0 bridgehead atoms. The summed E-state index contributed by atoms with van der Waals surface area (Å²) in [7, 11) is 0. The van der Waals surface area contributed by atoms with Crippen molar-refractivity contribution >= 4 is 11.6 Å². The van der Waals surface area contributed by atoms with Gasteiger partial charge in [0.2, 0.25) is 6.67 Å². The summed E-state index contributed by atoms with van der Waals surface area (Å²) in [5, 5.41) is 2.75. The molecule has 0 aromatic heterocycles. The predicted molar refractivity (Wildman–Crippen MR) is 69.5 cm³/mol. The lowest BCUT2D eigenvalue weighted by Gasteiger charge is -2.11. The van der Waals surface area contributed by atoms with Gasteiger partial charge in [0.05, 0.1) is 25.2 Å². The summed E-state index contributed by atoms with van der Waals surface area (Å²) in [4.78, 5) is 11.7. The number of carbonyl (C=O) groups excluding carboxylic acids is 1. The lowest BCUT2D eigenvalue weighted by molar-refractivity contribution is -0.605. The molecule has 2 aliphatic heterocycles. The van der Waals surface area contributed by atoms with E-state index < -0.39 is 0 Å². The normalized spacial score (nSPS) is 30.3. The smallest absolute Gasteiger partial charge is 0.329 e. The van der Waals surface area contributed by atoms with E-state index in [9.17, 15) is 4.79 Å². The Bertz CT molecular complexity index is 450. The minimum atomic E-state index is -0.174. The van der Waals surface area contributed by atoms with Gasteiger partial charge in [-0.05, 0) is 13.8 Å². The molecule has 1 saturated heterocycles. The third-order valence-electron chi connectivity index (χ3n) is 3.28. The monoisotopic (exact) mass is 266 g/mol. The van der Waals surface area contributed by atoms with Crippen LogP contribution in [0.3, 0.4) is 0 Å². The van der Waals surface area contributed by atoms with Gasteiger partial charge in [0, 0.05) is 12.5 Å². The molecule has 0 aromatic rings. The van der Waals surface area contributed by atoms with Crippen molar-refractivity contribution in [2.45, 2.75) is 38.7 Å². The van der Waals surface area contributed by atoms with E-state index in [1.807, 2.05) is 18.4 Å². The zero-order valence-electron chi connectivity index (χ0n) is 11.3. The molecular weight excluding hydrogens is 246 g/mol. The van der Waals surface area contributed by atoms with Crippen LogP contribution in [0.4, 0.5) is 0 Å². The van der Waals surface area contributed by atoms with E-state index in [1.54, 1.807) is 0 Å². The average molecular weight is 266 g/mol. The fraction of sp³-hybridized carbons (Fsp3) is 0.692. The average Bonchev–Trinajstić information content (AvgIpc) is 2.92. The first kappa shape index (κ1) is 14.0. The van der Waals surface area contributed by atoms with Crippen LogP contribution in [0.2, 0.25) is 0 Å². The first-order chi connectivity index (χ1) is 9.17. The van der Waals surface area contributed by atoms with Crippen molar-refractivity contribution < 1.29 is 18.8 Å². The van der Waals surface area contributed by atoms with Crippen LogP contribution in [0.15, 0.2) is 0 Å². The standard InChI is InChI=1S/C13H19N3O3/c1-3-18-11-7-12(19-9(11)2)16-8-15-13(17)10(16)5-4-6-14/h9,11-12H,3,6-8,14H2,1-2H3/p+1. The van der Waals surface area contributed by atoms with Crippen LogP contribution in [0, 0.1) is 11.8 Å². The van der Waals surface area contributed by atoms with Gasteiger partial charge in [-0.15, -0.1) is 0 Å². The third kappa shape index (κ3) is 2.95. The zero-order valence-corrected chi connectivity index (χ0v) is 11.3. The number of nitrogens with two attached hydrogens (primary N) is 1. The van der Waals surface area contributed by atoms with Gasteiger partial charge in [-0.25, -0.2) is 0 Å². The fourth-order valence-corrected chi connectivity index (χ4v) is 2.36. The van der Waals surface area contributed by atoms with Gasteiger partial charge >= 0.3 is 11.6 Å². The summed E-state index contributed by atoms with van der Waals surface area (Å²) < 4.78 is 13.3. The van der Waals surface area contributed by atoms with Gasteiger partial charge in [0.1, 0.15) is 0 Å². The zero-order chi connectivity index (χ0) is 13.8. The van der Waals surface area contributed by atoms with Crippen molar-refractivity contribution in [3.63, 3.8) is 0 Å². The van der Waals surface area contributed by atoms with Crippen molar-refractivity contribution in [3.8, 4) is 11.8 Å². The molecule has 2 rings (SSSR count). The molecule has 0 aromatic carbocycles. The molecule has 1 fully saturated rings. The van der Waals surface area contributed by atoms with Gasteiger partial charge in [-0.1, -0.05) is 5.92 Å². The van der Waals surface area contributed by atoms with Crippen LogP contribution in [0.5, 0.6) is 0 Å². The molecule has 3 atom stereocenters. The Labute approximate surface area is 112 Å². The maximum atomic E-state index is 11.7. The molecule has 6 heteroatoms. The Hall–Kier alpha value is -1.42. The highest BCUT2D eigenvalue weighted by Crippen LogP contribution is 2.24. The Kier molecular flexibility index (Phi) is 4.53. The summed E-state index contributed by atoms with van der Waals surface area (Å²) in [6.07, 6.45) is 0.643. The molecule has 1 amide bonds. The topological polar surface area (TPSA) is 76.6 Å². The summed E-state index contributed by atoms with van der Waals surface area (Å²) in [6, 6.07) is 0. The number of amides is 1. The SMILES string of the molecule is CCOC1CC([N+]2=C(C#CCN)C(=O)NC2)OC1C. The first-order valence-corrected chi connectivity index (χ1v) is 6.55. The third-order valence-corrected chi connectivity index (χ3v) is 3.28. The molecule has 0 spiro atoms. The molecule has 0 saturated carbocycles. The van der Waals surface area contributed by atoms with Crippen LogP contribution < -0.4 is 11.1 Å². The Morgan fingerprint density at radius 3 is 3.11 bits per heavy atom. The predicted octanol–water partition coefficient (Wildman–Crippen LogP) is -0.971. The Morgan fingerprint density at radius 1 is 1.63 bits per heavy atom. The number of rotatable bonds is 3. The molecule has 2 heterocycles. The fourth-order valence-electron chi connectivity index (χ4n) is 2.36. The Morgan fingerprint density at radius 2 is 2.42 bits per heavy atom. The molecule has 104 valence electrons. The first-order valence-electron chi connectivity index (χ1n) is 6.55. The van der Waals surface area contributed by atoms with E-state index in [4.69, 9.17) is 15.2 Å². The molecule has 0 radical (unpaired) electrons. The lowest BCUT2D eigenvalue weighted by Crippen LogP contribution is -2.29. The highest BCUT2D eigenvalue weighted by atomic mass is 16.6. The minimum absolute atomic E-state index is 0.0179. The number of ether oxygens (including phenoxy) is 2. The summed E-state index contributed by atoms with van der Waals surface area (Å²) in [5.74, 6) is 5.36. The van der Waals surface area contributed by atoms with Crippen LogP contribution in [0.25, 0.3) is 0 Å². The van der Waals surface area contributed by atoms with Crippen molar-refractivity contribution in [2.75, 3.05) is 19.8 Å². The molecule has 3 N–H and O–H groups in total. The maximum absolute atomic E-state index is 11.7. The second-order valence-electron chi connectivity index (χ2n) is 4.51. The summed E-state index contributed by atoms with van der Waals surface area (Å²) >= 11 is 0. The van der Waals surface area contributed by atoms with Crippen molar-refractivity contribution in [1.82, 2.24) is 5.32 Å². The van der Waals surface area contributed by atoms with Gasteiger partial charge in [-0.3, -0.25) is 10.1 Å². The molecular formula is C13H20N3O3+. The van der Waals surface area contributed by atoms with E-state index in [2.05, 4.69) is 17.2 Å². The van der Waals surface area contributed by atoms with Gasteiger partial charge in [0.15, 0.2) is 0 Å². The van der Waals surface area contributed by atoms with Gasteiger partial charge in [0.25, 0.3) is 6.23 Å². The highest BCUT2D eigenvalue weighted by Gasteiger charge is 2.43. The molecule has 0 aliphatic carbocycles. The van der Waals surface area contributed by atoms with E-state index >= 15 is 0 Å². The number of carbonyl (C=O) groups is 1. The Balaban J connectivity index is 2.16. The number of hydrogen-bond donors (Lipinski definition) is 2. The molecule has 6 nitrogen and oxygen atoms in total. The van der Waals surface area contributed by atoms with Gasteiger partial charge < -0.3 is 15.2 Å². The van der Waals surface area contributed by atoms with E-state index in [0.29, 0.717) is 19.0 Å². The van der Waals surface area contributed by atoms with Crippen LogP contribution in [-0.4, -0.2) is 54.5 Å². The van der Waals surface area contributed by atoms with E-state index in [1.165, 1.54) is 0 Å². The van der Waals surface area contributed by atoms with E-state index in [-0.39, 0.29) is 30.9 Å². The van der Waals surface area contributed by atoms with Crippen molar-refractivity contribution in [3.05, 3.63) is 0 Å². The molecule has 3 unspecified atom stereocenters. The largest absolute Gasteiger partial charge is 0.375 e. The maximum Gasteiger partial charge on any atom is 0.329 e. The van der Waals surface area contributed by atoms with Crippen molar-refractivity contribution in [2.24, 2.45) is 5.73 Å². The highest BCUT2D eigenvalue weighted by molar-refractivity contribution is 6.44. The second-order valence-corrected chi connectivity index (χ2v) is 4.51. The minimum Gasteiger partial charge on any atom is -0.375 e. The lowest BCUT2D eigenvalue weighted by atomic mass is 10.2. The molecule has 19 heavy (non-hydrogen) atoms. The van der Waals surface area contributed by atoms with Crippen LogP contribution >= 0.6 is 0 Å². The second kappa shape index (κ2) is 6.15. The van der Waals surface area contributed by atoms with Crippen molar-refractivity contribution in [1.29, 1.82) is 0 Å². The molecule has 2 aliphatic rings. The summed E-state index contributed by atoms with van der Waals surface area (Å²) in [5.41, 5.74) is 5.78. The van der Waals surface area contributed by atoms with Crippen LogP contribution in [-0.2, 0) is 14.3 Å². The van der Waals surface area contributed by atoms with Gasteiger partial charge in [-0.2, -0.15) is 4.58 Å². The number of hydrogen-bond acceptors (Lipinski definition) is 4. The number of nitrogens with one attached hydrogen (secondary N) is 1. The van der Waals surface area contributed by atoms with Crippen LogP contribution in [0.1, 0.15) is 20.3 Å².